The number of guanidine groups is 2. The second kappa shape index (κ2) is 9.38. The molecule has 0 aromatic carbocycles. The number of nitrogens with one attached hydrogen (secondary N) is 1. The van der Waals surface area contributed by atoms with Gasteiger partial charge >= 0.3 is 0 Å². The van der Waals surface area contributed by atoms with Crippen molar-refractivity contribution in [1.82, 2.24) is 10.2 Å². The van der Waals surface area contributed by atoms with Crippen molar-refractivity contribution in [3.05, 3.63) is 0 Å². The lowest BCUT2D eigenvalue weighted by Gasteiger charge is -2.36. The van der Waals surface area contributed by atoms with Gasteiger partial charge < -0.3 is 28.3 Å². The van der Waals surface area contributed by atoms with Gasteiger partial charge in [-0.3, -0.25) is 14.9 Å². The highest BCUT2D eigenvalue weighted by atomic mass is 15.2. The summed E-state index contributed by atoms with van der Waals surface area (Å²) in [6, 6.07) is 0.539. The van der Waals surface area contributed by atoms with Crippen molar-refractivity contribution >= 4 is 11.9 Å². The van der Waals surface area contributed by atoms with Crippen LogP contribution in [-0.4, -0.2) is 62.1 Å². The van der Waals surface area contributed by atoms with Gasteiger partial charge in [0.05, 0.1) is 0 Å². The number of aliphatic imine (C=N–C) groups is 2. The van der Waals surface area contributed by atoms with Crippen LogP contribution in [0.2, 0.25) is 0 Å². The summed E-state index contributed by atoms with van der Waals surface area (Å²) in [6.45, 7) is 5.52. The molecule has 1 rings (SSSR count). The Morgan fingerprint density at radius 1 is 1.05 bits per heavy atom. The Balaban J connectivity index is 2.26. The molecule has 0 saturated carbocycles. The zero-order chi connectivity index (χ0) is 14.8. The van der Waals surface area contributed by atoms with Gasteiger partial charge in [0.25, 0.3) is 0 Å². The summed E-state index contributed by atoms with van der Waals surface area (Å²) in [4.78, 5) is 10.5. The SMILES string of the molecule is NC(N)=NCCCC1CNCCN1CCCN=C(N)N. The van der Waals surface area contributed by atoms with E-state index in [0.717, 1.165) is 45.4 Å². The molecule has 0 aliphatic carbocycles. The fraction of sp³-hybridized carbons (Fsp3) is 0.833. The molecule has 1 aliphatic heterocycles. The van der Waals surface area contributed by atoms with Gasteiger partial charge in [0, 0.05) is 45.3 Å². The van der Waals surface area contributed by atoms with Crippen LogP contribution in [0.1, 0.15) is 19.3 Å². The first-order valence-electron chi connectivity index (χ1n) is 7.15. The molecular weight excluding hydrogens is 256 g/mol. The third-order valence-electron chi connectivity index (χ3n) is 3.36. The molecule has 8 nitrogen and oxygen atoms in total. The molecule has 0 aromatic heterocycles. The Morgan fingerprint density at radius 2 is 1.70 bits per heavy atom. The molecule has 0 bridgehead atoms. The van der Waals surface area contributed by atoms with Gasteiger partial charge in [-0.15, -0.1) is 0 Å². The van der Waals surface area contributed by atoms with Crippen molar-refractivity contribution in [2.45, 2.75) is 25.3 Å². The van der Waals surface area contributed by atoms with Gasteiger partial charge in [-0.05, 0) is 19.3 Å². The van der Waals surface area contributed by atoms with E-state index in [-0.39, 0.29) is 11.9 Å². The van der Waals surface area contributed by atoms with E-state index in [2.05, 4.69) is 20.2 Å². The van der Waals surface area contributed by atoms with E-state index in [1.165, 1.54) is 0 Å². The maximum Gasteiger partial charge on any atom is 0.185 e. The van der Waals surface area contributed by atoms with Gasteiger partial charge in [-0.25, -0.2) is 0 Å². The number of nitrogens with two attached hydrogens (primary N) is 4. The smallest absolute Gasteiger partial charge is 0.185 e. The monoisotopic (exact) mass is 284 g/mol. The average Bonchev–Trinajstić information content (AvgIpc) is 2.40. The van der Waals surface area contributed by atoms with Crippen LogP contribution >= 0.6 is 0 Å². The highest BCUT2D eigenvalue weighted by Crippen LogP contribution is 2.10. The van der Waals surface area contributed by atoms with Crippen molar-refractivity contribution < 1.29 is 0 Å². The van der Waals surface area contributed by atoms with Crippen LogP contribution in [0.4, 0.5) is 0 Å². The molecule has 116 valence electrons. The lowest BCUT2D eigenvalue weighted by molar-refractivity contribution is 0.151. The Bertz CT molecular complexity index is 287. The average molecular weight is 284 g/mol. The van der Waals surface area contributed by atoms with Gasteiger partial charge in [-0.2, -0.15) is 0 Å². The van der Waals surface area contributed by atoms with Crippen LogP contribution in [0.3, 0.4) is 0 Å². The summed E-state index contributed by atoms with van der Waals surface area (Å²) < 4.78 is 0. The molecule has 1 saturated heterocycles. The summed E-state index contributed by atoms with van der Waals surface area (Å²) in [5.74, 6) is 0.333. The summed E-state index contributed by atoms with van der Waals surface area (Å²) in [5, 5.41) is 3.43. The summed E-state index contributed by atoms with van der Waals surface area (Å²) >= 11 is 0. The van der Waals surface area contributed by atoms with Crippen LogP contribution in [-0.2, 0) is 0 Å². The van der Waals surface area contributed by atoms with Gasteiger partial charge in [0.1, 0.15) is 0 Å². The maximum atomic E-state index is 5.32. The van der Waals surface area contributed by atoms with Crippen LogP contribution in [0.15, 0.2) is 9.98 Å². The molecule has 8 heteroatoms. The summed E-state index contributed by atoms with van der Waals surface area (Å²) in [5.41, 5.74) is 21.3. The first-order chi connectivity index (χ1) is 9.59. The Hall–Kier alpha value is -1.54. The zero-order valence-corrected chi connectivity index (χ0v) is 12.1. The molecule has 1 unspecified atom stereocenters. The zero-order valence-electron chi connectivity index (χ0n) is 12.1. The highest BCUT2D eigenvalue weighted by molar-refractivity contribution is 5.75. The molecule has 1 fully saturated rings. The molecule has 20 heavy (non-hydrogen) atoms. The highest BCUT2D eigenvalue weighted by Gasteiger charge is 2.20. The van der Waals surface area contributed by atoms with Crippen molar-refractivity contribution in [2.24, 2.45) is 32.9 Å². The molecule has 9 N–H and O–H groups in total. The van der Waals surface area contributed by atoms with E-state index in [4.69, 9.17) is 22.9 Å². The third kappa shape index (κ3) is 7.15. The minimum atomic E-state index is 0.166. The minimum Gasteiger partial charge on any atom is -0.370 e. The number of piperazine rings is 1. The molecule has 1 heterocycles. The van der Waals surface area contributed by atoms with E-state index in [1.54, 1.807) is 0 Å². The van der Waals surface area contributed by atoms with Crippen LogP contribution < -0.4 is 28.3 Å². The standard InChI is InChI=1S/C12H28N8/c13-11(14)18-4-1-3-10-9-17-6-8-20(10)7-2-5-19-12(15)16/h10,17H,1-9H2,(H4,13,14,18)(H4,15,16,19). The summed E-state index contributed by atoms with van der Waals surface area (Å²) in [7, 11) is 0. The van der Waals surface area contributed by atoms with Crippen molar-refractivity contribution in [3.8, 4) is 0 Å². The van der Waals surface area contributed by atoms with Gasteiger partial charge in [0.15, 0.2) is 11.9 Å². The predicted molar refractivity (Wildman–Crippen MR) is 83.4 cm³/mol. The first-order valence-corrected chi connectivity index (χ1v) is 7.15. The quantitative estimate of drug-likeness (QED) is 0.198. The van der Waals surface area contributed by atoms with Crippen LogP contribution in [0.25, 0.3) is 0 Å². The lowest BCUT2D eigenvalue weighted by Crippen LogP contribution is -2.51. The topological polar surface area (TPSA) is 144 Å². The number of hydrogen-bond donors (Lipinski definition) is 5. The fourth-order valence-corrected chi connectivity index (χ4v) is 2.40. The van der Waals surface area contributed by atoms with Gasteiger partial charge in [0.2, 0.25) is 0 Å². The first kappa shape index (κ1) is 16.5. The molecule has 0 amide bonds. The van der Waals surface area contributed by atoms with Crippen LogP contribution in [0.5, 0.6) is 0 Å². The Labute approximate surface area is 120 Å². The van der Waals surface area contributed by atoms with Crippen LogP contribution in [0, 0.1) is 0 Å². The Kier molecular flexibility index (Phi) is 7.74. The van der Waals surface area contributed by atoms with Gasteiger partial charge in [-0.1, -0.05) is 0 Å². The second-order valence-corrected chi connectivity index (χ2v) is 5.00. The Morgan fingerprint density at radius 3 is 2.35 bits per heavy atom. The van der Waals surface area contributed by atoms with E-state index in [9.17, 15) is 0 Å². The molecule has 1 atom stereocenters. The molecule has 0 radical (unpaired) electrons. The molecule has 0 spiro atoms. The third-order valence-corrected chi connectivity index (χ3v) is 3.36. The van der Waals surface area contributed by atoms with E-state index in [1.807, 2.05) is 0 Å². The lowest BCUT2D eigenvalue weighted by atomic mass is 10.1. The van der Waals surface area contributed by atoms with Crippen molar-refractivity contribution in [1.29, 1.82) is 0 Å². The normalized spacial score (nSPS) is 19.5. The molecular formula is C12H28N8. The number of rotatable bonds is 8. The largest absolute Gasteiger partial charge is 0.370 e. The summed E-state index contributed by atoms with van der Waals surface area (Å²) in [6.07, 6.45) is 3.06. The van der Waals surface area contributed by atoms with Crippen molar-refractivity contribution in [3.63, 3.8) is 0 Å². The van der Waals surface area contributed by atoms with E-state index >= 15 is 0 Å². The fourth-order valence-electron chi connectivity index (χ4n) is 2.40. The number of nitrogens with zero attached hydrogens (tertiary/aromatic N) is 3. The molecule has 1 aliphatic rings. The minimum absolute atomic E-state index is 0.166. The van der Waals surface area contributed by atoms with Crippen molar-refractivity contribution in [2.75, 3.05) is 39.3 Å². The molecule has 0 aromatic rings. The number of hydrogen-bond acceptors (Lipinski definition) is 4. The predicted octanol–water partition coefficient (Wildman–Crippen LogP) is -2.02. The van der Waals surface area contributed by atoms with E-state index in [0.29, 0.717) is 19.1 Å². The van der Waals surface area contributed by atoms with E-state index < -0.39 is 0 Å². The second-order valence-electron chi connectivity index (χ2n) is 5.00. The maximum absolute atomic E-state index is 5.32.